The van der Waals surface area contributed by atoms with Crippen LogP contribution in [0.4, 0.5) is 10.1 Å². The van der Waals surface area contributed by atoms with Gasteiger partial charge in [-0.05, 0) is 41.1 Å². The van der Waals surface area contributed by atoms with E-state index in [1.165, 1.54) is 12.3 Å². The maximum Gasteiger partial charge on any atom is 0.247 e. The summed E-state index contributed by atoms with van der Waals surface area (Å²) in [4.78, 5) is 15.6. The highest BCUT2D eigenvalue weighted by molar-refractivity contribution is 9.10. The predicted octanol–water partition coefficient (Wildman–Crippen LogP) is 2.80. The molecule has 1 unspecified atom stereocenters. The largest absolute Gasteiger partial charge is 0.367 e. The summed E-state index contributed by atoms with van der Waals surface area (Å²) < 4.78 is 14.1. The van der Waals surface area contributed by atoms with Gasteiger partial charge in [0, 0.05) is 21.9 Å². The number of carbonyl (C=O) groups is 1. The van der Waals surface area contributed by atoms with Crippen LogP contribution in [0.1, 0.15) is 12.5 Å². The van der Waals surface area contributed by atoms with Gasteiger partial charge in [-0.3, -0.25) is 9.78 Å². The third kappa shape index (κ3) is 2.80. The number of primary amides is 1. The van der Waals surface area contributed by atoms with Gasteiger partial charge in [-0.2, -0.15) is 0 Å². The SMILES string of the molecule is CC(Nc1ccccc1Br)(C(N)=O)c1cncc(F)c1. The summed E-state index contributed by atoms with van der Waals surface area (Å²) in [6, 6.07) is 8.52. The molecule has 4 nitrogen and oxygen atoms in total. The predicted molar refractivity (Wildman–Crippen MR) is 78.5 cm³/mol. The van der Waals surface area contributed by atoms with E-state index >= 15 is 0 Å². The van der Waals surface area contributed by atoms with Crippen LogP contribution in [0.2, 0.25) is 0 Å². The molecule has 0 saturated carbocycles. The molecule has 0 aliphatic carbocycles. The molecule has 1 aromatic carbocycles. The van der Waals surface area contributed by atoms with Gasteiger partial charge in [0.2, 0.25) is 5.91 Å². The normalized spacial score (nSPS) is 13.6. The fourth-order valence-corrected chi connectivity index (χ4v) is 2.18. The van der Waals surface area contributed by atoms with Crippen molar-refractivity contribution in [1.82, 2.24) is 4.98 Å². The molecule has 104 valence electrons. The average molecular weight is 338 g/mol. The molecule has 3 N–H and O–H groups in total. The van der Waals surface area contributed by atoms with Crippen molar-refractivity contribution in [3.05, 3.63) is 58.6 Å². The van der Waals surface area contributed by atoms with Crippen molar-refractivity contribution >= 4 is 27.5 Å². The second-order valence-electron chi connectivity index (χ2n) is 4.49. The van der Waals surface area contributed by atoms with E-state index in [0.717, 1.165) is 10.7 Å². The molecule has 1 aromatic heterocycles. The van der Waals surface area contributed by atoms with E-state index in [0.29, 0.717) is 11.3 Å². The Kier molecular flexibility index (Phi) is 4.04. The molecule has 0 fully saturated rings. The Morgan fingerprint density at radius 2 is 2.10 bits per heavy atom. The van der Waals surface area contributed by atoms with Gasteiger partial charge in [0.05, 0.1) is 6.20 Å². The number of benzene rings is 1. The summed E-state index contributed by atoms with van der Waals surface area (Å²) in [5, 5.41) is 3.04. The third-order valence-corrected chi connectivity index (χ3v) is 3.73. The first kappa shape index (κ1) is 14.5. The van der Waals surface area contributed by atoms with Crippen LogP contribution in [-0.2, 0) is 10.3 Å². The number of para-hydroxylation sites is 1. The van der Waals surface area contributed by atoms with E-state index in [-0.39, 0.29) is 0 Å². The van der Waals surface area contributed by atoms with Gasteiger partial charge in [-0.1, -0.05) is 12.1 Å². The monoisotopic (exact) mass is 337 g/mol. The number of nitrogens with two attached hydrogens (primary N) is 1. The number of pyridine rings is 1. The maximum atomic E-state index is 13.3. The molecule has 1 heterocycles. The Balaban J connectivity index is 2.46. The van der Waals surface area contributed by atoms with E-state index < -0.39 is 17.3 Å². The van der Waals surface area contributed by atoms with Crippen molar-refractivity contribution in [2.45, 2.75) is 12.5 Å². The molecule has 20 heavy (non-hydrogen) atoms. The fourth-order valence-electron chi connectivity index (χ4n) is 1.79. The highest BCUT2D eigenvalue weighted by Crippen LogP contribution is 2.30. The number of hydrogen-bond acceptors (Lipinski definition) is 3. The molecule has 0 saturated heterocycles. The van der Waals surface area contributed by atoms with Crippen LogP contribution in [0.5, 0.6) is 0 Å². The first-order chi connectivity index (χ1) is 9.43. The van der Waals surface area contributed by atoms with Crippen molar-refractivity contribution in [2.75, 3.05) is 5.32 Å². The number of halogens is 2. The Bertz CT molecular complexity index is 650. The highest BCUT2D eigenvalue weighted by atomic mass is 79.9. The van der Waals surface area contributed by atoms with Crippen molar-refractivity contribution in [3.8, 4) is 0 Å². The van der Waals surface area contributed by atoms with Gasteiger partial charge in [0.25, 0.3) is 0 Å². The molecule has 0 aliphatic heterocycles. The Morgan fingerprint density at radius 3 is 2.70 bits per heavy atom. The minimum atomic E-state index is -1.26. The van der Waals surface area contributed by atoms with E-state index in [4.69, 9.17) is 5.73 Å². The summed E-state index contributed by atoms with van der Waals surface area (Å²) in [6.07, 6.45) is 2.49. The zero-order valence-corrected chi connectivity index (χ0v) is 12.3. The summed E-state index contributed by atoms with van der Waals surface area (Å²) in [5.41, 5.74) is 5.26. The van der Waals surface area contributed by atoms with E-state index in [9.17, 15) is 9.18 Å². The molecule has 0 spiro atoms. The lowest BCUT2D eigenvalue weighted by Gasteiger charge is -2.29. The third-order valence-electron chi connectivity index (χ3n) is 3.03. The number of amides is 1. The lowest BCUT2D eigenvalue weighted by atomic mass is 9.92. The van der Waals surface area contributed by atoms with Crippen molar-refractivity contribution in [2.24, 2.45) is 5.73 Å². The molecular formula is C14H13BrFN3O. The van der Waals surface area contributed by atoms with Gasteiger partial charge in [0.1, 0.15) is 11.4 Å². The highest BCUT2D eigenvalue weighted by Gasteiger charge is 2.34. The second-order valence-corrected chi connectivity index (χ2v) is 5.34. The number of aromatic nitrogens is 1. The van der Waals surface area contributed by atoms with Crippen LogP contribution in [-0.4, -0.2) is 10.9 Å². The van der Waals surface area contributed by atoms with Crippen LogP contribution in [0.15, 0.2) is 47.2 Å². The van der Waals surface area contributed by atoms with Gasteiger partial charge < -0.3 is 11.1 Å². The average Bonchev–Trinajstić information content (AvgIpc) is 2.41. The molecule has 2 aromatic rings. The zero-order chi connectivity index (χ0) is 14.8. The number of nitrogens with zero attached hydrogens (tertiary/aromatic N) is 1. The maximum absolute atomic E-state index is 13.3. The second kappa shape index (κ2) is 5.58. The number of nitrogens with one attached hydrogen (secondary N) is 1. The van der Waals surface area contributed by atoms with Gasteiger partial charge >= 0.3 is 0 Å². The first-order valence-corrected chi connectivity index (χ1v) is 6.66. The molecule has 6 heteroatoms. The molecule has 2 rings (SSSR count). The summed E-state index contributed by atoms with van der Waals surface area (Å²) in [7, 11) is 0. The summed E-state index contributed by atoms with van der Waals surface area (Å²) >= 11 is 3.38. The lowest BCUT2D eigenvalue weighted by Crippen LogP contribution is -2.45. The van der Waals surface area contributed by atoms with Crippen LogP contribution in [0.3, 0.4) is 0 Å². The molecule has 0 radical (unpaired) electrons. The van der Waals surface area contributed by atoms with Crippen LogP contribution in [0, 0.1) is 5.82 Å². The molecule has 1 atom stereocenters. The van der Waals surface area contributed by atoms with Gasteiger partial charge in [0.15, 0.2) is 0 Å². The fraction of sp³-hybridized carbons (Fsp3) is 0.143. The van der Waals surface area contributed by atoms with Crippen LogP contribution >= 0.6 is 15.9 Å². The van der Waals surface area contributed by atoms with Crippen LogP contribution in [0.25, 0.3) is 0 Å². The Hall–Kier alpha value is -1.95. The minimum absolute atomic E-state index is 0.362. The number of hydrogen-bond donors (Lipinski definition) is 2. The number of anilines is 1. The van der Waals surface area contributed by atoms with Gasteiger partial charge in [-0.15, -0.1) is 0 Å². The standard InChI is InChI=1S/C14H13BrFN3O/c1-14(13(17)20,9-6-10(16)8-18-7-9)19-12-5-3-2-4-11(12)15/h2-8,19H,1H3,(H2,17,20). The molecule has 0 bridgehead atoms. The number of rotatable bonds is 4. The quantitative estimate of drug-likeness (QED) is 0.901. The minimum Gasteiger partial charge on any atom is -0.367 e. The first-order valence-electron chi connectivity index (χ1n) is 5.87. The summed E-state index contributed by atoms with van der Waals surface area (Å²) in [5.74, 6) is -1.15. The van der Waals surface area contributed by atoms with Gasteiger partial charge in [-0.25, -0.2) is 4.39 Å². The van der Waals surface area contributed by atoms with E-state index in [1.807, 2.05) is 18.2 Å². The van der Waals surface area contributed by atoms with Crippen molar-refractivity contribution in [3.63, 3.8) is 0 Å². The van der Waals surface area contributed by atoms with E-state index in [1.54, 1.807) is 13.0 Å². The lowest BCUT2D eigenvalue weighted by molar-refractivity contribution is -0.122. The molecular weight excluding hydrogens is 325 g/mol. The Labute approximate surface area is 124 Å². The Morgan fingerprint density at radius 1 is 1.40 bits per heavy atom. The van der Waals surface area contributed by atoms with Crippen LogP contribution < -0.4 is 11.1 Å². The zero-order valence-electron chi connectivity index (χ0n) is 10.7. The smallest absolute Gasteiger partial charge is 0.247 e. The molecule has 0 aliphatic rings. The summed E-state index contributed by atoms with van der Waals surface area (Å²) in [6.45, 7) is 1.59. The van der Waals surface area contributed by atoms with E-state index in [2.05, 4.69) is 26.2 Å². The topological polar surface area (TPSA) is 68.0 Å². The number of carbonyl (C=O) groups excluding carboxylic acids is 1. The molecule has 1 amide bonds. The van der Waals surface area contributed by atoms with Crippen molar-refractivity contribution in [1.29, 1.82) is 0 Å². The van der Waals surface area contributed by atoms with Crippen molar-refractivity contribution < 1.29 is 9.18 Å².